The van der Waals surface area contributed by atoms with E-state index in [9.17, 15) is 14.0 Å². The van der Waals surface area contributed by atoms with Crippen LogP contribution in [-0.4, -0.2) is 11.6 Å². The molecule has 1 saturated carbocycles. The second-order valence-electron chi connectivity index (χ2n) is 5.70. The van der Waals surface area contributed by atoms with Gasteiger partial charge in [-0.2, -0.15) is 0 Å². The molecule has 5 heteroatoms. The fraction of sp³-hybridized carbons (Fsp3) is 0.333. The van der Waals surface area contributed by atoms with Crippen molar-refractivity contribution in [2.45, 2.75) is 26.7 Å². The zero-order valence-electron chi connectivity index (χ0n) is 11.3. The third-order valence-corrected chi connectivity index (χ3v) is 3.47. The van der Waals surface area contributed by atoms with Crippen molar-refractivity contribution in [3.8, 4) is 0 Å². The van der Waals surface area contributed by atoms with Gasteiger partial charge in [-0.15, -0.1) is 0 Å². The van der Waals surface area contributed by atoms with Crippen LogP contribution in [0.2, 0.25) is 5.02 Å². The van der Waals surface area contributed by atoms with Crippen molar-refractivity contribution in [2.75, 3.05) is 5.32 Å². The Bertz CT molecular complexity index is 586. The molecule has 1 aliphatic carbocycles. The number of ketones is 2. The number of hydrogen-bond acceptors (Lipinski definition) is 3. The number of allylic oxidation sites excluding steroid dienone is 1. The van der Waals surface area contributed by atoms with Gasteiger partial charge < -0.3 is 5.32 Å². The third kappa shape index (κ3) is 3.25. The number of halogens is 2. The number of rotatable bonds is 2. The lowest BCUT2D eigenvalue weighted by atomic mass is 9.74. The molecule has 0 saturated heterocycles. The Balaban J connectivity index is 2.17. The molecule has 3 nitrogen and oxygen atoms in total. The number of carbonyl (C=O) groups is 2. The Hall–Kier alpha value is -1.68. The van der Waals surface area contributed by atoms with E-state index in [1.165, 1.54) is 24.4 Å². The van der Waals surface area contributed by atoms with Gasteiger partial charge in [0.25, 0.3) is 0 Å². The molecule has 1 aliphatic rings. The lowest BCUT2D eigenvalue weighted by Gasteiger charge is -2.28. The third-order valence-electron chi connectivity index (χ3n) is 3.18. The molecule has 0 radical (unpaired) electrons. The fourth-order valence-corrected chi connectivity index (χ4v) is 2.36. The van der Waals surface area contributed by atoms with Gasteiger partial charge in [-0.1, -0.05) is 25.4 Å². The standard InChI is InChI=1S/C15H15ClFNO2/c1-15(2)6-13(19)10(14(20)7-15)8-18-9-3-4-12(17)11(16)5-9/h3-5,8,18H,6-7H2,1-2H3. The van der Waals surface area contributed by atoms with Crippen molar-refractivity contribution < 1.29 is 14.0 Å². The molecule has 0 unspecified atom stereocenters. The molecule has 0 heterocycles. The van der Waals surface area contributed by atoms with Crippen LogP contribution in [0.25, 0.3) is 0 Å². The van der Waals surface area contributed by atoms with Crippen LogP contribution < -0.4 is 5.32 Å². The normalized spacial score (nSPS) is 18.1. The summed E-state index contributed by atoms with van der Waals surface area (Å²) in [6.07, 6.45) is 2.07. The van der Waals surface area contributed by atoms with Crippen molar-refractivity contribution in [1.29, 1.82) is 0 Å². The predicted octanol–water partition coefficient (Wildman–Crippen LogP) is 3.73. The van der Waals surface area contributed by atoms with Crippen molar-refractivity contribution in [1.82, 2.24) is 0 Å². The zero-order chi connectivity index (χ0) is 14.9. The van der Waals surface area contributed by atoms with E-state index in [4.69, 9.17) is 11.6 Å². The van der Waals surface area contributed by atoms with Crippen LogP contribution in [0.5, 0.6) is 0 Å². The summed E-state index contributed by atoms with van der Waals surface area (Å²) < 4.78 is 13.0. The van der Waals surface area contributed by atoms with Crippen LogP contribution in [0.1, 0.15) is 26.7 Å². The Morgan fingerprint density at radius 2 is 1.85 bits per heavy atom. The Morgan fingerprint density at radius 3 is 2.40 bits per heavy atom. The van der Waals surface area contributed by atoms with Gasteiger partial charge in [0, 0.05) is 24.7 Å². The van der Waals surface area contributed by atoms with Crippen LogP contribution in [0, 0.1) is 11.2 Å². The maximum atomic E-state index is 13.0. The summed E-state index contributed by atoms with van der Waals surface area (Å²) in [5.41, 5.74) is 0.393. The summed E-state index contributed by atoms with van der Waals surface area (Å²) in [4.78, 5) is 23.9. The molecule has 0 amide bonds. The minimum atomic E-state index is -0.517. The van der Waals surface area contributed by atoms with Crippen LogP contribution in [0.15, 0.2) is 30.0 Å². The van der Waals surface area contributed by atoms with E-state index >= 15 is 0 Å². The van der Waals surface area contributed by atoms with Gasteiger partial charge in [0.1, 0.15) is 5.82 Å². The van der Waals surface area contributed by atoms with E-state index in [0.29, 0.717) is 18.5 Å². The van der Waals surface area contributed by atoms with E-state index in [1.54, 1.807) is 0 Å². The average molecular weight is 296 g/mol. The first kappa shape index (κ1) is 14.7. The van der Waals surface area contributed by atoms with E-state index in [0.717, 1.165) is 0 Å². The van der Waals surface area contributed by atoms with Crippen molar-refractivity contribution in [3.05, 3.63) is 40.8 Å². The second-order valence-corrected chi connectivity index (χ2v) is 6.10. The molecule has 0 aromatic heterocycles. The molecule has 0 spiro atoms. The van der Waals surface area contributed by atoms with Gasteiger partial charge in [-0.3, -0.25) is 9.59 Å². The summed E-state index contributed by atoms with van der Waals surface area (Å²) in [7, 11) is 0. The fourth-order valence-electron chi connectivity index (χ4n) is 2.18. The molecule has 20 heavy (non-hydrogen) atoms. The number of carbonyl (C=O) groups excluding carboxylic acids is 2. The molecule has 0 aliphatic heterocycles. The summed E-state index contributed by atoms with van der Waals surface area (Å²) in [5.74, 6) is -0.865. The SMILES string of the molecule is CC1(C)CC(=O)C(=CNc2ccc(F)c(Cl)c2)C(=O)C1. The molecule has 106 valence electrons. The maximum Gasteiger partial charge on any atom is 0.168 e. The van der Waals surface area contributed by atoms with E-state index in [2.05, 4.69) is 5.32 Å². The van der Waals surface area contributed by atoms with Gasteiger partial charge in [0.15, 0.2) is 11.6 Å². The minimum Gasteiger partial charge on any atom is -0.361 e. The van der Waals surface area contributed by atoms with E-state index < -0.39 is 5.82 Å². The number of nitrogens with one attached hydrogen (secondary N) is 1. The molecule has 1 N–H and O–H groups in total. The topological polar surface area (TPSA) is 46.2 Å². The zero-order valence-corrected chi connectivity index (χ0v) is 12.1. The monoisotopic (exact) mass is 295 g/mol. The molecule has 0 atom stereocenters. The summed E-state index contributed by atoms with van der Waals surface area (Å²) in [5, 5.41) is 2.80. The molecule has 1 aromatic carbocycles. The van der Waals surface area contributed by atoms with Gasteiger partial charge in [-0.25, -0.2) is 4.39 Å². The van der Waals surface area contributed by atoms with Crippen LogP contribution in [0.3, 0.4) is 0 Å². The molecule has 1 fully saturated rings. The van der Waals surface area contributed by atoms with Crippen LogP contribution in [0.4, 0.5) is 10.1 Å². The highest BCUT2D eigenvalue weighted by Crippen LogP contribution is 2.33. The Morgan fingerprint density at radius 1 is 1.25 bits per heavy atom. The molecule has 0 bridgehead atoms. The summed E-state index contributed by atoms with van der Waals surface area (Å²) in [6.45, 7) is 3.79. The Labute approximate surface area is 121 Å². The van der Waals surface area contributed by atoms with Crippen LogP contribution >= 0.6 is 11.6 Å². The number of anilines is 1. The predicted molar refractivity (Wildman–Crippen MR) is 76.1 cm³/mol. The smallest absolute Gasteiger partial charge is 0.168 e. The second kappa shape index (κ2) is 5.37. The van der Waals surface area contributed by atoms with Gasteiger partial charge in [0.05, 0.1) is 10.6 Å². The first-order valence-corrected chi connectivity index (χ1v) is 6.64. The molecular formula is C15H15ClFNO2. The molecule has 1 aromatic rings. The Kier molecular flexibility index (Phi) is 3.95. The van der Waals surface area contributed by atoms with E-state index in [1.807, 2.05) is 13.8 Å². The van der Waals surface area contributed by atoms with Gasteiger partial charge in [0.2, 0.25) is 0 Å². The number of benzene rings is 1. The van der Waals surface area contributed by atoms with Crippen LogP contribution in [-0.2, 0) is 9.59 Å². The van der Waals surface area contributed by atoms with Gasteiger partial charge >= 0.3 is 0 Å². The highest BCUT2D eigenvalue weighted by Gasteiger charge is 2.35. The first-order chi connectivity index (χ1) is 9.28. The van der Waals surface area contributed by atoms with Crippen molar-refractivity contribution >= 4 is 28.9 Å². The van der Waals surface area contributed by atoms with Crippen molar-refractivity contribution in [3.63, 3.8) is 0 Å². The van der Waals surface area contributed by atoms with E-state index in [-0.39, 0.29) is 27.6 Å². The number of Topliss-reactive ketones (excluding diaryl/α,β-unsaturated/α-hetero) is 2. The van der Waals surface area contributed by atoms with Crippen molar-refractivity contribution in [2.24, 2.45) is 5.41 Å². The number of hydrogen-bond donors (Lipinski definition) is 1. The van der Waals surface area contributed by atoms with Gasteiger partial charge in [-0.05, 0) is 23.6 Å². The highest BCUT2D eigenvalue weighted by molar-refractivity contribution is 6.31. The maximum absolute atomic E-state index is 13.0. The highest BCUT2D eigenvalue weighted by atomic mass is 35.5. The summed E-state index contributed by atoms with van der Waals surface area (Å²) in [6, 6.07) is 4.10. The largest absolute Gasteiger partial charge is 0.361 e. The summed E-state index contributed by atoms with van der Waals surface area (Å²) >= 11 is 5.66. The lowest BCUT2D eigenvalue weighted by molar-refractivity contribution is -0.127. The average Bonchev–Trinajstić information content (AvgIpc) is 2.31. The quantitative estimate of drug-likeness (QED) is 0.668. The first-order valence-electron chi connectivity index (χ1n) is 6.27. The molecule has 2 rings (SSSR count). The lowest BCUT2D eigenvalue weighted by Crippen LogP contribution is -2.31. The minimum absolute atomic E-state index is 0.0177. The molecular weight excluding hydrogens is 281 g/mol.